The van der Waals surface area contributed by atoms with Crippen LogP contribution in [0.3, 0.4) is 0 Å². The Labute approximate surface area is 174 Å². The lowest BCUT2D eigenvalue weighted by molar-refractivity contribution is -0.0722. The highest BCUT2D eigenvalue weighted by Crippen LogP contribution is 2.25. The maximum absolute atomic E-state index is 12.3. The van der Waals surface area contributed by atoms with Crippen molar-refractivity contribution in [2.75, 3.05) is 6.61 Å². The first kappa shape index (κ1) is 22.9. The molecule has 14 heteroatoms. The number of aromatic amines is 1. The summed E-state index contributed by atoms with van der Waals surface area (Å²) in [6.07, 6.45) is -5.62. The molecular formula is C17H20N4O9S. The Balaban J connectivity index is 2.31. The summed E-state index contributed by atoms with van der Waals surface area (Å²) in [6.45, 7) is 2.06. The van der Waals surface area contributed by atoms with Gasteiger partial charge in [0.25, 0.3) is 5.56 Å². The van der Waals surface area contributed by atoms with Crippen molar-refractivity contribution in [1.82, 2.24) is 19.5 Å². The van der Waals surface area contributed by atoms with Crippen molar-refractivity contribution >= 4 is 21.4 Å². The van der Waals surface area contributed by atoms with E-state index in [9.17, 15) is 28.2 Å². The van der Waals surface area contributed by atoms with Gasteiger partial charge in [-0.1, -0.05) is 0 Å². The normalized spacial score (nSPS) is 15.3. The first-order chi connectivity index (χ1) is 14.4. The second-order valence-corrected chi connectivity index (χ2v) is 8.04. The van der Waals surface area contributed by atoms with Crippen LogP contribution in [0.1, 0.15) is 11.1 Å². The van der Waals surface area contributed by atoms with Crippen molar-refractivity contribution in [1.29, 1.82) is 0 Å². The highest BCUT2D eigenvalue weighted by atomic mass is 32.3. The Kier molecular flexibility index (Phi) is 6.22. The lowest BCUT2D eigenvalue weighted by atomic mass is 10.1. The van der Waals surface area contributed by atoms with Gasteiger partial charge in [0.05, 0.1) is 24.2 Å². The molecular weight excluding hydrogens is 436 g/mol. The second kappa shape index (κ2) is 8.41. The Morgan fingerprint density at radius 1 is 1.16 bits per heavy atom. The fourth-order valence-electron chi connectivity index (χ4n) is 3.12. The van der Waals surface area contributed by atoms with E-state index in [1.54, 1.807) is 26.0 Å². The van der Waals surface area contributed by atoms with E-state index < -0.39 is 53.1 Å². The van der Waals surface area contributed by atoms with E-state index >= 15 is 0 Å². The molecule has 3 rings (SSSR count). The number of fused-ring (bicyclic) bond motifs is 2. The second-order valence-electron chi connectivity index (χ2n) is 6.99. The minimum Gasteiger partial charge on any atom is -0.394 e. The summed E-state index contributed by atoms with van der Waals surface area (Å²) in [4.78, 5) is 34.1. The number of hydrogen-bond donors (Lipinski definition) is 5. The SMILES string of the molecule is Cc1cc2nc3c(=O)[nH]c(=O)nc-3n(C[C@@H](OS(=O)(=O)O)[C@@H](O)[C@@H](O)CO)c2cc1C. The van der Waals surface area contributed by atoms with Crippen LogP contribution in [0, 0.1) is 13.8 Å². The van der Waals surface area contributed by atoms with E-state index in [0.29, 0.717) is 11.0 Å². The molecule has 0 saturated heterocycles. The third kappa shape index (κ3) is 4.79. The fraction of sp³-hybridized carbons (Fsp3) is 0.412. The molecule has 1 aromatic carbocycles. The average Bonchev–Trinajstić information content (AvgIpc) is 2.67. The van der Waals surface area contributed by atoms with Crippen LogP contribution in [0.5, 0.6) is 0 Å². The molecule has 0 radical (unpaired) electrons. The fourth-order valence-corrected chi connectivity index (χ4v) is 3.61. The summed E-state index contributed by atoms with van der Waals surface area (Å²) in [5.74, 6) is -0.237. The van der Waals surface area contributed by atoms with Crippen LogP contribution in [-0.2, 0) is 21.1 Å². The molecule has 2 aliphatic heterocycles. The van der Waals surface area contributed by atoms with Crippen LogP contribution in [0.25, 0.3) is 22.6 Å². The predicted octanol–water partition coefficient (Wildman–Crippen LogP) is -1.90. The first-order valence-electron chi connectivity index (χ1n) is 8.95. The largest absolute Gasteiger partial charge is 0.397 e. The van der Waals surface area contributed by atoms with Gasteiger partial charge in [-0.3, -0.25) is 14.3 Å². The standard InChI is InChI=1S/C17H20N4O9S/c1-7-3-9-10(4-8(7)2)21(15-13(18-9)16(25)20-17(26)19-15)5-12(30-31(27,28)29)14(24)11(23)6-22/h3-4,11-12,14,22-24H,5-6H2,1-2H3,(H,20,25,26)(H,27,28,29)/t11-,12+,14-/m0/s1. The van der Waals surface area contributed by atoms with E-state index in [1.165, 1.54) is 4.57 Å². The van der Waals surface area contributed by atoms with E-state index in [2.05, 4.69) is 14.2 Å². The molecule has 2 aliphatic rings. The Hall–Kier alpha value is -2.75. The van der Waals surface area contributed by atoms with E-state index in [0.717, 1.165) is 11.1 Å². The molecule has 0 aliphatic carbocycles. The molecule has 0 fully saturated rings. The van der Waals surface area contributed by atoms with Gasteiger partial charge in [-0.15, -0.1) is 0 Å². The number of hydrogen-bond acceptors (Lipinski definition) is 10. The maximum Gasteiger partial charge on any atom is 0.397 e. The highest BCUT2D eigenvalue weighted by molar-refractivity contribution is 7.80. The van der Waals surface area contributed by atoms with Gasteiger partial charge < -0.3 is 19.9 Å². The highest BCUT2D eigenvalue weighted by Gasteiger charge is 2.33. The zero-order valence-corrected chi connectivity index (χ0v) is 17.2. The zero-order valence-electron chi connectivity index (χ0n) is 16.4. The number of nitrogens with one attached hydrogen (secondary N) is 1. The Morgan fingerprint density at radius 3 is 2.42 bits per heavy atom. The number of nitrogens with zero attached hydrogens (tertiary/aromatic N) is 3. The topological polar surface area (TPSA) is 205 Å². The molecule has 0 aromatic heterocycles. The van der Waals surface area contributed by atoms with Gasteiger partial charge in [0, 0.05) is 0 Å². The lowest BCUT2D eigenvalue weighted by Gasteiger charge is -2.27. The third-order valence-electron chi connectivity index (χ3n) is 4.79. The number of rotatable bonds is 7. The van der Waals surface area contributed by atoms with Gasteiger partial charge in [-0.05, 0) is 37.1 Å². The van der Waals surface area contributed by atoms with Gasteiger partial charge >= 0.3 is 16.1 Å². The number of aliphatic hydroxyl groups is 3. The first-order valence-corrected chi connectivity index (χ1v) is 10.3. The number of aliphatic hydroxyl groups excluding tert-OH is 3. The number of benzene rings is 1. The molecule has 2 heterocycles. The molecule has 5 N–H and O–H groups in total. The molecule has 168 valence electrons. The molecule has 0 saturated carbocycles. The van der Waals surface area contributed by atoms with Gasteiger partial charge in [-0.2, -0.15) is 13.4 Å². The lowest BCUT2D eigenvalue weighted by Crippen LogP contribution is -2.44. The molecule has 0 amide bonds. The minimum absolute atomic E-state index is 0.237. The van der Waals surface area contributed by atoms with Gasteiger partial charge in [-0.25, -0.2) is 14.0 Å². The zero-order chi connectivity index (χ0) is 23.1. The van der Waals surface area contributed by atoms with Gasteiger partial charge in [0.2, 0.25) is 0 Å². The summed E-state index contributed by atoms with van der Waals surface area (Å²) >= 11 is 0. The summed E-state index contributed by atoms with van der Waals surface area (Å²) in [6, 6.07) is 3.30. The van der Waals surface area contributed by atoms with Crippen LogP contribution < -0.4 is 11.2 Å². The molecule has 0 bridgehead atoms. The summed E-state index contributed by atoms with van der Waals surface area (Å²) in [7, 11) is -5.10. The van der Waals surface area contributed by atoms with Crippen LogP contribution in [0.2, 0.25) is 0 Å². The maximum atomic E-state index is 12.3. The minimum atomic E-state index is -5.10. The predicted molar refractivity (Wildman–Crippen MR) is 106 cm³/mol. The van der Waals surface area contributed by atoms with E-state index in [1.807, 2.05) is 4.98 Å². The number of H-pyrrole nitrogens is 1. The van der Waals surface area contributed by atoms with Crippen molar-refractivity contribution in [2.24, 2.45) is 0 Å². The Morgan fingerprint density at radius 2 is 1.81 bits per heavy atom. The quantitative estimate of drug-likeness (QED) is 0.196. The van der Waals surface area contributed by atoms with Crippen LogP contribution >= 0.6 is 0 Å². The van der Waals surface area contributed by atoms with Crippen LogP contribution in [-0.4, -0.2) is 72.7 Å². The summed E-state index contributed by atoms with van der Waals surface area (Å²) in [5, 5.41) is 29.1. The van der Waals surface area contributed by atoms with E-state index in [4.69, 9.17) is 9.66 Å². The number of aryl methyl sites for hydroxylation is 2. The molecule has 3 atom stereocenters. The molecule has 0 unspecified atom stereocenters. The van der Waals surface area contributed by atoms with Gasteiger partial charge in [0.1, 0.15) is 18.3 Å². The summed E-state index contributed by atoms with van der Waals surface area (Å²) < 4.78 is 37.5. The monoisotopic (exact) mass is 456 g/mol. The third-order valence-corrected chi connectivity index (χ3v) is 5.28. The van der Waals surface area contributed by atoms with Crippen molar-refractivity contribution in [3.8, 4) is 11.5 Å². The van der Waals surface area contributed by atoms with Gasteiger partial charge in [0.15, 0.2) is 11.5 Å². The molecule has 0 spiro atoms. The average molecular weight is 456 g/mol. The molecule has 13 nitrogen and oxygen atoms in total. The van der Waals surface area contributed by atoms with Crippen LogP contribution in [0.15, 0.2) is 21.7 Å². The van der Waals surface area contributed by atoms with Crippen molar-refractivity contribution in [3.63, 3.8) is 0 Å². The van der Waals surface area contributed by atoms with Crippen molar-refractivity contribution in [3.05, 3.63) is 44.1 Å². The molecule has 1 aromatic rings. The van der Waals surface area contributed by atoms with Crippen molar-refractivity contribution in [2.45, 2.75) is 38.7 Å². The number of aromatic nitrogens is 4. The Bertz CT molecular complexity index is 1320. The van der Waals surface area contributed by atoms with Crippen molar-refractivity contribution < 1.29 is 32.5 Å². The van der Waals surface area contributed by atoms with E-state index in [-0.39, 0.29) is 11.5 Å². The van der Waals surface area contributed by atoms with Crippen LogP contribution in [0.4, 0.5) is 0 Å². The smallest absolute Gasteiger partial charge is 0.394 e. The molecule has 31 heavy (non-hydrogen) atoms. The summed E-state index contributed by atoms with van der Waals surface area (Å²) in [5.41, 5.74) is 0.159.